The molecule has 2 aromatic rings. The molecule has 1 atom stereocenters. The molecule has 1 aliphatic rings. The molecule has 3 amide bonds. The fourth-order valence-corrected chi connectivity index (χ4v) is 3.97. The van der Waals surface area contributed by atoms with Gasteiger partial charge in [-0.3, -0.25) is 14.4 Å². The van der Waals surface area contributed by atoms with Crippen molar-refractivity contribution in [1.82, 2.24) is 10.2 Å². The normalized spacial score (nSPS) is 14.9. The van der Waals surface area contributed by atoms with Crippen molar-refractivity contribution in [3.63, 3.8) is 0 Å². The molecule has 8 nitrogen and oxygen atoms in total. The predicted octanol–water partition coefficient (Wildman–Crippen LogP) is 3.91. The highest BCUT2D eigenvalue weighted by Crippen LogP contribution is 2.14. The summed E-state index contributed by atoms with van der Waals surface area (Å²) in [5, 5.41) is 8.78. The van der Waals surface area contributed by atoms with Crippen LogP contribution in [0.4, 0.5) is 11.4 Å². The zero-order valence-corrected chi connectivity index (χ0v) is 20.6. The van der Waals surface area contributed by atoms with Gasteiger partial charge < -0.3 is 25.6 Å². The van der Waals surface area contributed by atoms with Gasteiger partial charge in [-0.2, -0.15) is 0 Å². The number of rotatable bonds is 12. The number of hydrogen-bond acceptors (Lipinski definition) is 5. The number of carbonyl (C=O) groups is 3. The van der Waals surface area contributed by atoms with Gasteiger partial charge in [0.2, 0.25) is 5.91 Å². The third kappa shape index (κ3) is 8.10. The van der Waals surface area contributed by atoms with Crippen molar-refractivity contribution in [2.75, 3.05) is 43.4 Å². The van der Waals surface area contributed by atoms with Gasteiger partial charge in [0.05, 0.1) is 12.6 Å². The van der Waals surface area contributed by atoms with Gasteiger partial charge in [0.25, 0.3) is 11.8 Å². The summed E-state index contributed by atoms with van der Waals surface area (Å²) >= 11 is 0. The van der Waals surface area contributed by atoms with E-state index in [1.165, 1.54) is 0 Å². The maximum Gasteiger partial charge on any atom is 0.253 e. The number of nitrogens with one attached hydrogen (secondary N) is 3. The molecule has 0 radical (unpaired) electrons. The second-order valence-corrected chi connectivity index (χ2v) is 8.69. The smallest absolute Gasteiger partial charge is 0.253 e. The van der Waals surface area contributed by atoms with Crippen LogP contribution in [-0.2, 0) is 9.53 Å². The Morgan fingerprint density at radius 2 is 1.54 bits per heavy atom. The van der Waals surface area contributed by atoms with E-state index in [-0.39, 0.29) is 30.4 Å². The van der Waals surface area contributed by atoms with Crippen LogP contribution in [0.2, 0.25) is 0 Å². The monoisotopic (exact) mass is 480 g/mol. The van der Waals surface area contributed by atoms with Crippen LogP contribution in [0, 0.1) is 0 Å². The Hall–Kier alpha value is -3.39. The number of amides is 3. The van der Waals surface area contributed by atoms with Gasteiger partial charge in [0.15, 0.2) is 0 Å². The SMILES string of the molecule is CCCN(CCC)C(=O)c1ccc(NC(=O)CNc2ccc(C(=O)NCC3CCCO3)cc2)cc1. The summed E-state index contributed by atoms with van der Waals surface area (Å²) in [5.41, 5.74) is 2.54. The number of carbonyl (C=O) groups excluding carboxylic acids is 3. The lowest BCUT2D eigenvalue weighted by atomic mass is 10.1. The van der Waals surface area contributed by atoms with Crippen LogP contribution in [0.5, 0.6) is 0 Å². The van der Waals surface area contributed by atoms with Crippen LogP contribution in [0.25, 0.3) is 0 Å². The quantitative estimate of drug-likeness (QED) is 0.428. The Labute approximate surface area is 207 Å². The molecule has 0 aromatic heterocycles. The summed E-state index contributed by atoms with van der Waals surface area (Å²) in [6, 6.07) is 14.0. The molecule has 35 heavy (non-hydrogen) atoms. The maximum absolute atomic E-state index is 12.7. The van der Waals surface area contributed by atoms with Crippen LogP contribution in [0.15, 0.2) is 48.5 Å². The minimum absolute atomic E-state index is 0.0113. The summed E-state index contributed by atoms with van der Waals surface area (Å²) in [7, 11) is 0. The van der Waals surface area contributed by atoms with E-state index < -0.39 is 0 Å². The second-order valence-electron chi connectivity index (χ2n) is 8.69. The first-order valence-electron chi connectivity index (χ1n) is 12.4. The summed E-state index contributed by atoms with van der Waals surface area (Å²) in [6.45, 7) is 6.94. The minimum atomic E-state index is -0.207. The van der Waals surface area contributed by atoms with E-state index in [2.05, 4.69) is 29.8 Å². The molecule has 1 saturated heterocycles. The number of ether oxygens (including phenoxy) is 1. The molecule has 0 aliphatic carbocycles. The fourth-order valence-electron chi connectivity index (χ4n) is 3.97. The molecule has 3 N–H and O–H groups in total. The largest absolute Gasteiger partial charge is 0.376 e. The lowest BCUT2D eigenvalue weighted by Crippen LogP contribution is -2.32. The lowest BCUT2D eigenvalue weighted by molar-refractivity contribution is -0.114. The van der Waals surface area contributed by atoms with Crippen LogP contribution < -0.4 is 16.0 Å². The predicted molar refractivity (Wildman–Crippen MR) is 138 cm³/mol. The molecule has 0 saturated carbocycles. The third-order valence-corrected chi connectivity index (χ3v) is 5.80. The van der Waals surface area contributed by atoms with Gasteiger partial charge in [-0.1, -0.05) is 13.8 Å². The molecule has 1 fully saturated rings. The van der Waals surface area contributed by atoms with Crippen molar-refractivity contribution in [2.45, 2.75) is 45.6 Å². The highest BCUT2D eigenvalue weighted by Gasteiger charge is 2.17. The number of hydrogen-bond donors (Lipinski definition) is 3. The first-order chi connectivity index (χ1) is 17.0. The first-order valence-corrected chi connectivity index (χ1v) is 12.4. The molecular weight excluding hydrogens is 444 g/mol. The standard InChI is InChI=1S/C27H36N4O4/c1-3-15-31(16-4-2)27(34)21-9-13-23(14-10-21)30-25(32)19-28-22-11-7-20(8-12-22)26(33)29-18-24-6-5-17-35-24/h7-14,24,28H,3-6,15-19H2,1-2H3,(H,29,33)(H,30,32). The lowest BCUT2D eigenvalue weighted by Gasteiger charge is -2.21. The molecule has 8 heteroatoms. The average Bonchev–Trinajstić information content (AvgIpc) is 3.40. The van der Waals surface area contributed by atoms with Gasteiger partial charge in [0, 0.05) is 48.7 Å². The first kappa shape index (κ1) is 26.2. The molecular formula is C27H36N4O4. The van der Waals surface area contributed by atoms with Crippen molar-refractivity contribution >= 4 is 29.1 Å². The Morgan fingerprint density at radius 1 is 0.914 bits per heavy atom. The van der Waals surface area contributed by atoms with E-state index in [0.717, 1.165) is 51.1 Å². The van der Waals surface area contributed by atoms with E-state index >= 15 is 0 Å². The Morgan fingerprint density at radius 3 is 2.14 bits per heavy atom. The van der Waals surface area contributed by atoms with Crippen LogP contribution in [0.1, 0.15) is 60.2 Å². The van der Waals surface area contributed by atoms with E-state index in [4.69, 9.17) is 4.74 Å². The second kappa shape index (κ2) is 13.5. The number of anilines is 2. The van der Waals surface area contributed by atoms with Gasteiger partial charge in [-0.05, 0) is 74.2 Å². The average molecular weight is 481 g/mol. The fraction of sp³-hybridized carbons (Fsp3) is 0.444. The highest BCUT2D eigenvalue weighted by atomic mass is 16.5. The van der Waals surface area contributed by atoms with Crippen LogP contribution in [-0.4, -0.2) is 61.5 Å². The third-order valence-electron chi connectivity index (χ3n) is 5.80. The van der Waals surface area contributed by atoms with Gasteiger partial charge >= 0.3 is 0 Å². The molecule has 0 spiro atoms. The van der Waals surface area contributed by atoms with Crippen molar-refractivity contribution < 1.29 is 19.1 Å². The molecule has 1 aliphatic heterocycles. The Bertz CT molecular complexity index is 964. The molecule has 0 bridgehead atoms. The summed E-state index contributed by atoms with van der Waals surface area (Å²) in [4.78, 5) is 39.2. The van der Waals surface area contributed by atoms with Crippen molar-refractivity contribution in [3.8, 4) is 0 Å². The van der Waals surface area contributed by atoms with Crippen LogP contribution >= 0.6 is 0 Å². The van der Waals surface area contributed by atoms with Gasteiger partial charge in [0.1, 0.15) is 0 Å². The number of nitrogens with zero attached hydrogens (tertiary/aromatic N) is 1. The van der Waals surface area contributed by atoms with Gasteiger partial charge in [-0.25, -0.2) is 0 Å². The summed E-state index contributed by atoms with van der Waals surface area (Å²) in [6.07, 6.45) is 3.95. The zero-order valence-electron chi connectivity index (χ0n) is 20.6. The summed E-state index contributed by atoms with van der Waals surface area (Å²) < 4.78 is 5.52. The topological polar surface area (TPSA) is 99.8 Å². The van der Waals surface area contributed by atoms with E-state index in [1.807, 2.05) is 4.90 Å². The molecule has 1 unspecified atom stereocenters. The van der Waals surface area contributed by atoms with Crippen molar-refractivity contribution in [1.29, 1.82) is 0 Å². The molecule has 2 aromatic carbocycles. The maximum atomic E-state index is 12.7. The molecule has 3 rings (SSSR count). The van der Waals surface area contributed by atoms with E-state index in [9.17, 15) is 14.4 Å². The molecule has 1 heterocycles. The van der Waals surface area contributed by atoms with Crippen LogP contribution in [0.3, 0.4) is 0 Å². The minimum Gasteiger partial charge on any atom is -0.376 e. The van der Waals surface area contributed by atoms with E-state index in [0.29, 0.717) is 23.4 Å². The Balaban J connectivity index is 1.44. The summed E-state index contributed by atoms with van der Waals surface area (Å²) in [5.74, 6) is -0.336. The van der Waals surface area contributed by atoms with E-state index in [1.54, 1.807) is 48.5 Å². The zero-order chi connectivity index (χ0) is 25.0. The van der Waals surface area contributed by atoms with Crippen molar-refractivity contribution in [3.05, 3.63) is 59.7 Å². The Kier molecular flexibility index (Phi) is 10.1. The van der Waals surface area contributed by atoms with Crippen molar-refractivity contribution in [2.24, 2.45) is 0 Å². The van der Waals surface area contributed by atoms with Gasteiger partial charge in [-0.15, -0.1) is 0 Å². The molecule has 188 valence electrons. The highest BCUT2D eigenvalue weighted by molar-refractivity contribution is 5.97. The number of benzene rings is 2.